The van der Waals surface area contributed by atoms with E-state index in [2.05, 4.69) is 9.80 Å². The van der Waals surface area contributed by atoms with Crippen LogP contribution in [-0.4, -0.2) is 59.0 Å². The molecule has 0 amide bonds. The molecule has 2 heterocycles. The lowest BCUT2D eigenvalue weighted by Crippen LogP contribution is -2.47. The number of aromatic nitrogens is 1. The highest BCUT2D eigenvalue weighted by Crippen LogP contribution is 2.39. The van der Waals surface area contributed by atoms with Crippen LogP contribution in [0.3, 0.4) is 0 Å². The number of anilines is 1. The number of piperazine rings is 1. The van der Waals surface area contributed by atoms with Gasteiger partial charge in [0.25, 0.3) is 0 Å². The number of Topliss-reactive ketones (excluding diaryl/α,β-unsaturated/α-hetero) is 1. The third kappa shape index (κ3) is 3.52. The van der Waals surface area contributed by atoms with E-state index in [1.807, 2.05) is 4.57 Å². The highest BCUT2D eigenvalue weighted by molar-refractivity contribution is 6.34. The molecule has 0 spiro atoms. The number of nitrogens with zero attached hydrogens (tertiary/aromatic N) is 3. The molecular weight excluding hydrogens is 382 g/mol. The zero-order valence-corrected chi connectivity index (χ0v) is 16.4. The van der Waals surface area contributed by atoms with E-state index in [0.717, 1.165) is 31.6 Å². The Bertz CT molecular complexity index is 1020. The van der Waals surface area contributed by atoms with Crippen molar-refractivity contribution in [3.05, 3.63) is 39.1 Å². The Hall–Kier alpha value is -2.38. The summed E-state index contributed by atoms with van der Waals surface area (Å²) in [7, 11) is 0. The topological polar surface area (TPSA) is 82.8 Å². The quantitative estimate of drug-likeness (QED) is 0.825. The van der Waals surface area contributed by atoms with Gasteiger partial charge < -0.3 is 14.6 Å². The maximum Gasteiger partial charge on any atom is 0.341 e. The number of hydrogen-bond donors (Lipinski definition) is 1. The van der Waals surface area contributed by atoms with Gasteiger partial charge >= 0.3 is 5.97 Å². The first kappa shape index (κ1) is 19.0. The van der Waals surface area contributed by atoms with Crippen LogP contribution in [0, 0.1) is 0 Å². The molecule has 7 nitrogen and oxygen atoms in total. The summed E-state index contributed by atoms with van der Waals surface area (Å²) in [6.45, 7) is 4.86. The molecule has 2 aliphatic rings. The van der Waals surface area contributed by atoms with Crippen LogP contribution >= 0.6 is 11.6 Å². The molecular formula is C20H22ClN3O4. The lowest BCUT2D eigenvalue weighted by Gasteiger charge is -2.36. The Morgan fingerprint density at radius 3 is 2.43 bits per heavy atom. The van der Waals surface area contributed by atoms with Crippen molar-refractivity contribution in [1.29, 1.82) is 0 Å². The number of ketones is 1. The molecule has 4 rings (SSSR count). The summed E-state index contributed by atoms with van der Waals surface area (Å²) in [6, 6.07) is 3.73. The summed E-state index contributed by atoms with van der Waals surface area (Å²) < 4.78 is 1.88. The predicted molar refractivity (Wildman–Crippen MR) is 108 cm³/mol. The van der Waals surface area contributed by atoms with E-state index in [1.165, 1.54) is 6.20 Å². The third-order valence-electron chi connectivity index (χ3n) is 5.43. The van der Waals surface area contributed by atoms with Crippen molar-refractivity contribution in [1.82, 2.24) is 9.47 Å². The van der Waals surface area contributed by atoms with E-state index in [4.69, 9.17) is 11.6 Å². The number of pyridine rings is 1. The fourth-order valence-corrected chi connectivity index (χ4v) is 4.15. The summed E-state index contributed by atoms with van der Waals surface area (Å²) in [4.78, 5) is 39.8. The predicted octanol–water partition coefficient (Wildman–Crippen LogP) is 2.40. The third-order valence-corrected chi connectivity index (χ3v) is 5.73. The maximum absolute atomic E-state index is 12.8. The SMILES string of the molecule is CC(=O)CN1CCN(c2cc3c(=O)c(C(=O)O)cn(C4CC4)c3cc2Cl)CC1. The zero-order valence-electron chi connectivity index (χ0n) is 15.7. The first-order valence-electron chi connectivity index (χ1n) is 9.43. The van der Waals surface area contributed by atoms with Crippen LogP contribution in [0.4, 0.5) is 5.69 Å². The van der Waals surface area contributed by atoms with Gasteiger partial charge in [-0.25, -0.2) is 4.79 Å². The number of hydrogen-bond acceptors (Lipinski definition) is 5. The normalized spacial score (nSPS) is 17.9. The molecule has 0 unspecified atom stereocenters. The van der Waals surface area contributed by atoms with Gasteiger partial charge in [-0.2, -0.15) is 0 Å². The summed E-state index contributed by atoms with van der Waals surface area (Å²) in [6.07, 6.45) is 3.38. The van der Waals surface area contributed by atoms with Crippen molar-refractivity contribution in [3.8, 4) is 0 Å². The number of fused-ring (bicyclic) bond motifs is 1. The highest BCUT2D eigenvalue weighted by atomic mass is 35.5. The molecule has 1 aliphatic carbocycles. The Labute approximate surface area is 167 Å². The molecule has 0 radical (unpaired) electrons. The van der Waals surface area contributed by atoms with Gasteiger partial charge in [0.2, 0.25) is 5.43 Å². The van der Waals surface area contributed by atoms with E-state index >= 15 is 0 Å². The van der Waals surface area contributed by atoms with Crippen molar-refractivity contribution in [2.45, 2.75) is 25.8 Å². The Kier molecular flexibility index (Phi) is 4.89. The van der Waals surface area contributed by atoms with Crippen LogP contribution in [-0.2, 0) is 4.79 Å². The van der Waals surface area contributed by atoms with Crippen molar-refractivity contribution >= 4 is 39.9 Å². The second kappa shape index (κ2) is 7.22. The van der Waals surface area contributed by atoms with Crippen LogP contribution in [0.15, 0.2) is 23.1 Å². The number of carbonyl (C=O) groups is 2. The molecule has 1 N–H and O–H groups in total. The van der Waals surface area contributed by atoms with Gasteiger partial charge in [0, 0.05) is 43.8 Å². The summed E-state index contributed by atoms with van der Waals surface area (Å²) in [5, 5.41) is 10.4. The zero-order chi connectivity index (χ0) is 20.0. The van der Waals surface area contributed by atoms with Crippen LogP contribution in [0.1, 0.15) is 36.2 Å². The molecule has 1 saturated heterocycles. The monoisotopic (exact) mass is 403 g/mol. The fraction of sp³-hybridized carbons (Fsp3) is 0.450. The van der Waals surface area contributed by atoms with Crippen LogP contribution in [0.5, 0.6) is 0 Å². The van der Waals surface area contributed by atoms with Gasteiger partial charge in [0.1, 0.15) is 11.3 Å². The van der Waals surface area contributed by atoms with E-state index in [0.29, 0.717) is 35.6 Å². The Morgan fingerprint density at radius 1 is 1.18 bits per heavy atom. The number of halogens is 1. The minimum Gasteiger partial charge on any atom is -0.477 e. The Balaban J connectivity index is 1.74. The van der Waals surface area contributed by atoms with Crippen LogP contribution in [0.25, 0.3) is 10.9 Å². The van der Waals surface area contributed by atoms with Crippen molar-refractivity contribution in [3.63, 3.8) is 0 Å². The molecule has 2 fully saturated rings. The minimum atomic E-state index is -1.21. The average Bonchev–Trinajstić information content (AvgIpc) is 3.47. The summed E-state index contributed by atoms with van der Waals surface area (Å²) in [5.41, 5.74) is 0.728. The second-order valence-electron chi connectivity index (χ2n) is 7.60. The van der Waals surface area contributed by atoms with Gasteiger partial charge in [-0.1, -0.05) is 11.6 Å². The van der Waals surface area contributed by atoms with Crippen LogP contribution in [0.2, 0.25) is 5.02 Å². The van der Waals surface area contributed by atoms with Gasteiger partial charge in [0.05, 0.1) is 22.8 Å². The first-order chi connectivity index (χ1) is 13.3. The molecule has 8 heteroatoms. The standard InChI is InChI=1S/C20H22ClN3O4/c1-12(25)10-22-4-6-23(7-5-22)18-8-14-17(9-16(18)21)24(13-2-3-13)11-15(19(14)26)20(27)28/h8-9,11,13H,2-7,10H2,1H3,(H,27,28). The van der Waals surface area contributed by atoms with E-state index < -0.39 is 11.4 Å². The lowest BCUT2D eigenvalue weighted by atomic mass is 10.1. The maximum atomic E-state index is 12.8. The second-order valence-corrected chi connectivity index (χ2v) is 8.01. The van der Waals surface area contributed by atoms with Crippen molar-refractivity contribution in [2.75, 3.05) is 37.6 Å². The largest absolute Gasteiger partial charge is 0.477 e. The molecule has 1 aromatic heterocycles. The number of benzene rings is 1. The average molecular weight is 404 g/mol. The van der Waals surface area contributed by atoms with Gasteiger partial charge in [-0.15, -0.1) is 0 Å². The van der Waals surface area contributed by atoms with Gasteiger partial charge in [-0.05, 0) is 31.9 Å². The van der Waals surface area contributed by atoms with Gasteiger partial charge in [0.15, 0.2) is 0 Å². The number of carboxylic acid groups (broad SMARTS) is 1. The van der Waals surface area contributed by atoms with E-state index in [-0.39, 0.29) is 17.4 Å². The molecule has 1 aliphatic heterocycles. The smallest absolute Gasteiger partial charge is 0.341 e. The molecule has 1 aromatic carbocycles. The van der Waals surface area contributed by atoms with E-state index in [9.17, 15) is 19.5 Å². The number of carbonyl (C=O) groups excluding carboxylic acids is 1. The van der Waals surface area contributed by atoms with Crippen molar-refractivity contribution in [2.24, 2.45) is 0 Å². The number of carboxylic acids is 1. The van der Waals surface area contributed by atoms with Gasteiger partial charge in [-0.3, -0.25) is 14.5 Å². The van der Waals surface area contributed by atoms with Crippen molar-refractivity contribution < 1.29 is 14.7 Å². The number of aromatic carboxylic acids is 1. The first-order valence-corrected chi connectivity index (χ1v) is 9.81. The molecule has 2 aromatic rings. The summed E-state index contributed by atoms with van der Waals surface area (Å²) in [5.74, 6) is -1.07. The molecule has 28 heavy (non-hydrogen) atoms. The molecule has 0 bridgehead atoms. The molecule has 1 saturated carbocycles. The molecule has 0 atom stereocenters. The van der Waals surface area contributed by atoms with E-state index in [1.54, 1.807) is 19.1 Å². The minimum absolute atomic E-state index is 0.138. The lowest BCUT2D eigenvalue weighted by molar-refractivity contribution is -0.118. The number of rotatable bonds is 5. The summed E-state index contributed by atoms with van der Waals surface area (Å²) >= 11 is 6.57. The molecule has 148 valence electrons. The van der Waals surface area contributed by atoms with Crippen LogP contribution < -0.4 is 10.3 Å². The highest BCUT2D eigenvalue weighted by Gasteiger charge is 2.28. The Morgan fingerprint density at radius 2 is 1.86 bits per heavy atom. The fourth-order valence-electron chi connectivity index (χ4n) is 3.87.